The first-order valence-electron chi connectivity index (χ1n) is 10.6. The van der Waals surface area contributed by atoms with E-state index in [1.54, 1.807) is 0 Å². The third-order valence-corrected chi connectivity index (χ3v) is 6.35. The van der Waals surface area contributed by atoms with Gasteiger partial charge in [0.2, 0.25) is 0 Å². The minimum absolute atomic E-state index is 0.0611. The molecule has 0 unspecified atom stereocenters. The van der Waals surface area contributed by atoms with Gasteiger partial charge in [0.25, 0.3) is 11.6 Å². The molecule has 37 heavy (non-hydrogen) atoms. The molecule has 0 atom stereocenters. The predicted octanol–water partition coefficient (Wildman–Crippen LogP) is 4.67. The largest absolute Gasteiger partial charge is 0.416 e. The van der Waals surface area contributed by atoms with Crippen LogP contribution in [-0.4, -0.2) is 44.4 Å². The molecule has 196 valence electrons. The molecule has 0 aliphatic carbocycles. The van der Waals surface area contributed by atoms with Crippen molar-refractivity contribution in [1.82, 2.24) is 4.90 Å². The summed E-state index contributed by atoms with van der Waals surface area (Å²) in [5.74, 6) is -0.622. The van der Waals surface area contributed by atoms with E-state index < -0.39 is 37.6 Å². The number of methoxy groups -OCH3 is 1. The first-order valence-corrected chi connectivity index (χ1v) is 12.0. The molecule has 0 bridgehead atoms. The zero-order valence-corrected chi connectivity index (χ0v) is 20.2. The van der Waals surface area contributed by atoms with E-state index >= 15 is 0 Å². The van der Waals surface area contributed by atoms with Crippen LogP contribution in [0.3, 0.4) is 0 Å². The second kappa shape index (κ2) is 11.4. The van der Waals surface area contributed by atoms with E-state index in [9.17, 15) is 36.5 Å². The van der Waals surface area contributed by atoms with Gasteiger partial charge in [0, 0.05) is 37.9 Å². The first kappa shape index (κ1) is 27.6. The summed E-state index contributed by atoms with van der Waals surface area (Å²) in [7, 11) is -3.09. The van der Waals surface area contributed by atoms with Crippen LogP contribution in [0.2, 0.25) is 0 Å². The van der Waals surface area contributed by atoms with Crippen LogP contribution in [0.1, 0.15) is 21.5 Å². The standard InChI is InChI=1S/C24H21F3N2O7S/c1-35-13-12-28(23(30)18-4-2-6-20(14-18)29(31)32)16-17-8-10-21(11-9-17)36-37(33,34)22-7-3-5-19(15-22)24(25,26)27/h2-11,14-15H,12-13,16H2,1H3. The maximum Gasteiger partial charge on any atom is 0.416 e. The lowest BCUT2D eigenvalue weighted by atomic mass is 10.1. The number of ether oxygens (including phenoxy) is 1. The Morgan fingerprint density at radius 2 is 1.70 bits per heavy atom. The van der Waals surface area contributed by atoms with Crippen molar-refractivity contribution in [2.75, 3.05) is 20.3 Å². The Morgan fingerprint density at radius 1 is 1.03 bits per heavy atom. The molecule has 0 aromatic heterocycles. The number of alkyl halides is 3. The minimum atomic E-state index is -4.72. The zero-order valence-electron chi connectivity index (χ0n) is 19.3. The fourth-order valence-electron chi connectivity index (χ4n) is 3.26. The number of amides is 1. The normalized spacial score (nSPS) is 11.7. The molecule has 0 aliphatic rings. The lowest BCUT2D eigenvalue weighted by Crippen LogP contribution is -2.33. The van der Waals surface area contributed by atoms with Crippen molar-refractivity contribution in [2.45, 2.75) is 17.6 Å². The highest BCUT2D eigenvalue weighted by molar-refractivity contribution is 7.87. The number of hydrogen-bond donors (Lipinski definition) is 0. The average Bonchev–Trinajstić information content (AvgIpc) is 2.86. The monoisotopic (exact) mass is 538 g/mol. The van der Waals surface area contributed by atoms with Crippen LogP contribution in [-0.2, 0) is 27.6 Å². The Kier molecular flexibility index (Phi) is 8.50. The van der Waals surface area contributed by atoms with Gasteiger partial charge in [-0.05, 0) is 42.0 Å². The highest BCUT2D eigenvalue weighted by Crippen LogP contribution is 2.31. The Morgan fingerprint density at radius 3 is 2.32 bits per heavy atom. The summed E-state index contributed by atoms with van der Waals surface area (Å²) in [4.78, 5) is 24.2. The number of hydrogen-bond acceptors (Lipinski definition) is 7. The number of benzene rings is 3. The summed E-state index contributed by atoms with van der Waals surface area (Å²) < 4.78 is 73.8. The van der Waals surface area contributed by atoms with Crippen molar-refractivity contribution in [3.8, 4) is 5.75 Å². The van der Waals surface area contributed by atoms with Crippen LogP contribution >= 0.6 is 0 Å². The van der Waals surface area contributed by atoms with Crippen LogP contribution in [0.4, 0.5) is 18.9 Å². The number of nitro benzene ring substituents is 1. The smallest absolute Gasteiger partial charge is 0.383 e. The molecule has 3 aromatic rings. The van der Waals surface area contributed by atoms with Gasteiger partial charge in [-0.3, -0.25) is 14.9 Å². The van der Waals surface area contributed by atoms with E-state index in [0.717, 1.165) is 24.3 Å². The summed E-state index contributed by atoms with van der Waals surface area (Å²) >= 11 is 0. The van der Waals surface area contributed by atoms with Crippen molar-refractivity contribution < 1.29 is 40.2 Å². The number of nitro groups is 1. The van der Waals surface area contributed by atoms with Crippen molar-refractivity contribution in [2.24, 2.45) is 0 Å². The molecule has 1 amide bonds. The van der Waals surface area contributed by atoms with Gasteiger partial charge in [0.1, 0.15) is 10.6 Å². The molecule has 0 heterocycles. The van der Waals surface area contributed by atoms with Crippen LogP contribution in [0.15, 0.2) is 77.7 Å². The van der Waals surface area contributed by atoms with Gasteiger partial charge < -0.3 is 13.8 Å². The van der Waals surface area contributed by atoms with Gasteiger partial charge in [0.15, 0.2) is 0 Å². The Balaban J connectivity index is 1.76. The third kappa shape index (κ3) is 7.27. The molecule has 0 aliphatic heterocycles. The molecule has 3 rings (SSSR count). The van der Waals surface area contributed by atoms with Gasteiger partial charge >= 0.3 is 16.3 Å². The molecule has 3 aromatic carbocycles. The summed E-state index contributed by atoms with van der Waals surface area (Å²) in [6.45, 7) is 0.419. The van der Waals surface area contributed by atoms with E-state index in [2.05, 4.69) is 0 Å². The number of nitrogens with zero attached hydrogens (tertiary/aromatic N) is 2. The Hall–Kier alpha value is -3.97. The molecule has 13 heteroatoms. The maximum absolute atomic E-state index is 13.0. The fraction of sp³-hybridized carbons (Fsp3) is 0.208. The molecule has 0 spiro atoms. The van der Waals surface area contributed by atoms with E-state index in [1.807, 2.05) is 0 Å². The number of rotatable bonds is 10. The van der Waals surface area contributed by atoms with Gasteiger partial charge in [-0.1, -0.05) is 24.3 Å². The Bertz CT molecular complexity index is 1380. The molecular weight excluding hydrogens is 517 g/mol. The van der Waals surface area contributed by atoms with E-state index in [1.165, 1.54) is 54.5 Å². The molecule has 9 nitrogen and oxygen atoms in total. The number of non-ortho nitro benzene ring substituents is 1. The maximum atomic E-state index is 13.0. The quantitative estimate of drug-likeness (QED) is 0.209. The molecule has 0 saturated carbocycles. The average molecular weight is 539 g/mol. The highest BCUT2D eigenvalue weighted by atomic mass is 32.2. The van der Waals surface area contributed by atoms with Crippen molar-refractivity contribution in [3.63, 3.8) is 0 Å². The van der Waals surface area contributed by atoms with Crippen LogP contribution in [0.25, 0.3) is 0 Å². The van der Waals surface area contributed by atoms with Gasteiger partial charge in [0.05, 0.1) is 17.1 Å². The summed E-state index contributed by atoms with van der Waals surface area (Å²) in [5.41, 5.74) is -0.686. The fourth-order valence-corrected chi connectivity index (χ4v) is 4.24. The summed E-state index contributed by atoms with van der Waals surface area (Å²) in [6.07, 6.45) is -4.72. The van der Waals surface area contributed by atoms with Crippen molar-refractivity contribution in [3.05, 3.63) is 99.6 Å². The molecule has 0 N–H and O–H groups in total. The highest BCUT2D eigenvalue weighted by Gasteiger charge is 2.32. The van der Waals surface area contributed by atoms with Gasteiger partial charge in [-0.15, -0.1) is 0 Å². The molecule has 0 saturated heterocycles. The van der Waals surface area contributed by atoms with Crippen molar-refractivity contribution in [1.29, 1.82) is 0 Å². The minimum Gasteiger partial charge on any atom is -0.383 e. The second-order valence-electron chi connectivity index (χ2n) is 7.73. The third-order valence-electron chi connectivity index (χ3n) is 5.11. The molecule has 0 fully saturated rings. The predicted molar refractivity (Wildman–Crippen MR) is 125 cm³/mol. The molecular formula is C24H21F3N2O7S. The van der Waals surface area contributed by atoms with Crippen LogP contribution in [0, 0.1) is 10.1 Å². The van der Waals surface area contributed by atoms with E-state index in [-0.39, 0.29) is 36.7 Å². The number of carbonyl (C=O) groups excluding carboxylic acids is 1. The van der Waals surface area contributed by atoms with E-state index in [4.69, 9.17) is 8.92 Å². The summed E-state index contributed by atoms with van der Waals surface area (Å²) in [5, 5.41) is 11.0. The van der Waals surface area contributed by atoms with Gasteiger partial charge in [-0.25, -0.2) is 0 Å². The molecule has 0 radical (unpaired) electrons. The van der Waals surface area contributed by atoms with Crippen molar-refractivity contribution >= 4 is 21.7 Å². The second-order valence-corrected chi connectivity index (χ2v) is 9.28. The number of halogens is 3. The lowest BCUT2D eigenvalue weighted by Gasteiger charge is -2.22. The SMILES string of the molecule is COCCN(Cc1ccc(OS(=O)(=O)c2cccc(C(F)(F)F)c2)cc1)C(=O)c1cccc([N+](=O)[O-])c1. The topological polar surface area (TPSA) is 116 Å². The van der Waals surface area contributed by atoms with Gasteiger partial charge in [-0.2, -0.15) is 21.6 Å². The number of carbonyl (C=O) groups is 1. The van der Waals surface area contributed by atoms with Crippen LogP contribution in [0.5, 0.6) is 5.75 Å². The zero-order chi connectivity index (χ0) is 27.2. The lowest BCUT2D eigenvalue weighted by molar-refractivity contribution is -0.384. The van der Waals surface area contributed by atoms with E-state index in [0.29, 0.717) is 11.6 Å². The summed E-state index contributed by atoms with van der Waals surface area (Å²) in [6, 6.07) is 14.0. The van der Waals surface area contributed by atoms with Crippen LogP contribution < -0.4 is 4.18 Å². The first-order chi connectivity index (χ1) is 17.4. The Labute approximate surface area is 210 Å².